The summed E-state index contributed by atoms with van der Waals surface area (Å²) in [6, 6.07) is 10.9. The van der Waals surface area contributed by atoms with Crippen molar-refractivity contribution in [1.29, 1.82) is 5.26 Å². The number of nitrogens with one attached hydrogen (secondary N) is 1. The minimum Gasteiger partial charge on any atom is -0.495 e. The zero-order chi connectivity index (χ0) is 18.0. The molecule has 0 saturated heterocycles. The molecule has 1 aromatic heterocycles. The maximum atomic E-state index is 9.17. The van der Waals surface area contributed by atoms with Gasteiger partial charge >= 0.3 is 0 Å². The number of nitrogen functional groups attached to an aromatic ring is 2. The van der Waals surface area contributed by atoms with Crippen LogP contribution in [-0.2, 0) is 6.54 Å². The molecule has 3 aromatic rings. The molecule has 25 heavy (non-hydrogen) atoms. The van der Waals surface area contributed by atoms with Crippen LogP contribution < -0.4 is 21.5 Å². The first-order valence-electron chi connectivity index (χ1n) is 7.47. The minimum absolute atomic E-state index is 0.435. The predicted octanol–water partition coefficient (Wildman–Crippen LogP) is 3.54. The Balaban J connectivity index is 1.98. The average molecular weight is 354 g/mol. The van der Waals surface area contributed by atoms with Gasteiger partial charge in [-0.25, -0.2) is 0 Å². The number of ether oxygens (including phenoxy) is 1. The standard InChI is InChI=1S/C18H16ClN5O/c1-25-16-3-2-10(5-13(16)19)8-23-18-12-4-11(7-20)6-14(21)17(12)24-9-15(18)22/h2-6,9H,8,21-22H2,1H3,(H,23,24). The van der Waals surface area contributed by atoms with E-state index in [4.69, 9.17) is 33.1 Å². The number of halogens is 1. The van der Waals surface area contributed by atoms with E-state index in [-0.39, 0.29) is 0 Å². The second kappa shape index (κ2) is 6.75. The third-order valence-corrected chi connectivity index (χ3v) is 4.14. The molecular formula is C18H16ClN5O. The highest BCUT2D eigenvalue weighted by Gasteiger charge is 2.11. The molecule has 0 radical (unpaired) electrons. The molecule has 2 aromatic carbocycles. The maximum absolute atomic E-state index is 9.17. The van der Waals surface area contributed by atoms with Crippen LogP contribution in [0.15, 0.2) is 36.5 Å². The Labute approximate surface area is 150 Å². The van der Waals surface area contributed by atoms with Gasteiger partial charge < -0.3 is 21.5 Å². The van der Waals surface area contributed by atoms with E-state index in [1.165, 1.54) is 0 Å². The van der Waals surface area contributed by atoms with Crippen LogP contribution in [0, 0.1) is 11.3 Å². The Kier molecular flexibility index (Phi) is 4.50. The van der Waals surface area contributed by atoms with Crippen molar-refractivity contribution in [3.63, 3.8) is 0 Å². The monoisotopic (exact) mass is 353 g/mol. The number of methoxy groups -OCH3 is 1. The third kappa shape index (κ3) is 3.23. The molecule has 0 amide bonds. The van der Waals surface area contributed by atoms with E-state index in [1.807, 2.05) is 12.1 Å². The van der Waals surface area contributed by atoms with Crippen molar-refractivity contribution in [3.8, 4) is 11.8 Å². The van der Waals surface area contributed by atoms with Crippen LogP contribution in [0.1, 0.15) is 11.1 Å². The number of aromatic nitrogens is 1. The van der Waals surface area contributed by atoms with E-state index >= 15 is 0 Å². The van der Waals surface area contributed by atoms with Gasteiger partial charge in [0.2, 0.25) is 0 Å². The highest BCUT2D eigenvalue weighted by atomic mass is 35.5. The number of hydrogen-bond donors (Lipinski definition) is 3. The SMILES string of the molecule is COc1ccc(CNc2c(N)cnc3c(N)cc(C#N)cc23)cc1Cl. The van der Waals surface area contributed by atoms with Gasteiger partial charge in [0.05, 0.1) is 52.5 Å². The number of anilines is 3. The summed E-state index contributed by atoms with van der Waals surface area (Å²) in [7, 11) is 1.57. The van der Waals surface area contributed by atoms with Crippen molar-refractivity contribution in [2.75, 3.05) is 23.9 Å². The first-order chi connectivity index (χ1) is 12.0. The number of benzene rings is 2. The highest BCUT2D eigenvalue weighted by molar-refractivity contribution is 6.32. The lowest BCUT2D eigenvalue weighted by molar-refractivity contribution is 0.415. The Morgan fingerprint density at radius 2 is 2.04 bits per heavy atom. The molecule has 0 aliphatic heterocycles. The molecule has 0 saturated carbocycles. The van der Waals surface area contributed by atoms with Gasteiger partial charge in [-0.3, -0.25) is 4.98 Å². The van der Waals surface area contributed by atoms with Crippen LogP contribution in [0.2, 0.25) is 5.02 Å². The van der Waals surface area contributed by atoms with Crippen molar-refractivity contribution < 1.29 is 4.74 Å². The van der Waals surface area contributed by atoms with Crippen molar-refractivity contribution in [2.24, 2.45) is 0 Å². The van der Waals surface area contributed by atoms with Crippen molar-refractivity contribution in [2.45, 2.75) is 6.54 Å². The third-order valence-electron chi connectivity index (χ3n) is 3.84. The van der Waals surface area contributed by atoms with E-state index in [0.29, 0.717) is 50.8 Å². The fourth-order valence-electron chi connectivity index (χ4n) is 2.62. The van der Waals surface area contributed by atoms with Gasteiger partial charge in [-0.1, -0.05) is 17.7 Å². The van der Waals surface area contributed by atoms with Crippen molar-refractivity contribution >= 4 is 39.6 Å². The zero-order valence-electron chi connectivity index (χ0n) is 13.5. The van der Waals surface area contributed by atoms with Gasteiger partial charge in [0.15, 0.2) is 0 Å². The highest BCUT2D eigenvalue weighted by Crippen LogP contribution is 2.32. The van der Waals surface area contributed by atoms with E-state index in [1.54, 1.807) is 31.5 Å². The molecule has 3 rings (SSSR count). The second-order valence-corrected chi connectivity index (χ2v) is 5.89. The first-order valence-corrected chi connectivity index (χ1v) is 7.85. The molecule has 0 aliphatic rings. The summed E-state index contributed by atoms with van der Waals surface area (Å²) in [6.07, 6.45) is 1.55. The molecule has 126 valence electrons. The lowest BCUT2D eigenvalue weighted by Crippen LogP contribution is -2.05. The second-order valence-electron chi connectivity index (χ2n) is 5.48. The van der Waals surface area contributed by atoms with E-state index in [2.05, 4.69) is 16.4 Å². The van der Waals surface area contributed by atoms with Crippen molar-refractivity contribution in [1.82, 2.24) is 4.98 Å². The molecule has 0 bridgehead atoms. The van der Waals surface area contributed by atoms with Crippen molar-refractivity contribution in [3.05, 3.63) is 52.7 Å². The van der Waals surface area contributed by atoms with Gasteiger partial charge in [-0.2, -0.15) is 5.26 Å². The summed E-state index contributed by atoms with van der Waals surface area (Å²) in [4.78, 5) is 4.27. The fourth-order valence-corrected chi connectivity index (χ4v) is 2.90. The van der Waals surface area contributed by atoms with Crippen LogP contribution in [0.25, 0.3) is 10.9 Å². The van der Waals surface area contributed by atoms with Gasteiger partial charge in [0.25, 0.3) is 0 Å². The first kappa shape index (κ1) is 16.7. The van der Waals surface area contributed by atoms with Crippen LogP contribution >= 0.6 is 11.6 Å². The molecule has 7 heteroatoms. The van der Waals surface area contributed by atoms with E-state index in [9.17, 15) is 0 Å². The summed E-state index contributed by atoms with van der Waals surface area (Å²) < 4.78 is 5.15. The Bertz CT molecular complexity index is 997. The van der Waals surface area contributed by atoms with Crippen LogP contribution in [0.4, 0.5) is 17.1 Å². The lowest BCUT2D eigenvalue weighted by Gasteiger charge is -2.14. The fraction of sp³-hybridized carbons (Fsp3) is 0.111. The molecule has 0 fully saturated rings. The number of nitriles is 1. The summed E-state index contributed by atoms with van der Waals surface area (Å²) in [6.45, 7) is 0.490. The smallest absolute Gasteiger partial charge is 0.137 e. The topological polar surface area (TPSA) is 110 Å². The minimum atomic E-state index is 0.435. The maximum Gasteiger partial charge on any atom is 0.137 e. The molecule has 5 N–H and O–H groups in total. The number of rotatable bonds is 4. The average Bonchev–Trinajstić information content (AvgIpc) is 2.60. The number of nitrogens with two attached hydrogens (primary N) is 2. The molecule has 0 atom stereocenters. The van der Waals surface area contributed by atoms with Crippen LogP contribution in [0.3, 0.4) is 0 Å². The molecule has 1 heterocycles. The van der Waals surface area contributed by atoms with E-state index < -0.39 is 0 Å². The van der Waals surface area contributed by atoms with Gasteiger partial charge in [0.1, 0.15) is 5.75 Å². The molecule has 0 unspecified atom stereocenters. The van der Waals surface area contributed by atoms with Gasteiger partial charge in [-0.15, -0.1) is 0 Å². The largest absolute Gasteiger partial charge is 0.495 e. The number of pyridine rings is 1. The number of hydrogen-bond acceptors (Lipinski definition) is 6. The summed E-state index contributed by atoms with van der Waals surface area (Å²) >= 11 is 6.16. The lowest BCUT2D eigenvalue weighted by atomic mass is 10.1. The predicted molar refractivity (Wildman–Crippen MR) is 101 cm³/mol. The Morgan fingerprint density at radius 3 is 2.72 bits per heavy atom. The van der Waals surface area contributed by atoms with Crippen LogP contribution in [-0.4, -0.2) is 12.1 Å². The quantitative estimate of drug-likeness (QED) is 0.619. The normalized spacial score (nSPS) is 10.4. The Morgan fingerprint density at radius 1 is 1.24 bits per heavy atom. The van der Waals surface area contributed by atoms with Gasteiger partial charge in [0, 0.05) is 11.9 Å². The van der Waals surface area contributed by atoms with E-state index in [0.717, 1.165) is 5.56 Å². The summed E-state index contributed by atoms with van der Waals surface area (Å²) in [5.41, 5.74) is 15.7. The summed E-state index contributed by atoms with van der Waals surface area (Å²) in [5, 5.41) is 13.7. The molecular weight excluding hydrogens is 338 g/mol. The molecule has 0 spiro atoms. The Hall–Kier alpha value is -3.17. The zero-order valence-corrected chi connectivity index (χ0v) is 14.3. The molecule has 0 aliphatic carbocycles. The summed E-state index contributed by atoms with van der Waals surface area (Å²) in [5.74, 6) is 0.616. The van der Waals surface area contributed by atoms with Gasteiger partial charge in [-0.05, 0) is 29.8 Å². The number of nitrogens with zero attached hydrogens (tertiary/aromatic N) is 2. The molecule has 6 nitrogen and oxygen atoms in total. The van der Waals surface area contributed by atoms with Crippen LogP contribution in [0.5, 0.6) is 5.75 Å². The number of fused-ring (bicyclic) bond motifs is 1.